The summed E-state index contributed by atoms with van der Waals surface area (Å²) in [5.74, 6) is -0.175. The van der Waals surface area contributed by atoms with Crippen molar-refractivity contribution in [1.29, 1.82) is 0 Å². The topological polar surface area (TPSA) is 21.7 Å². The third-order valence-electron chi connectivity index (χ3n) is 4.59. The molecule has 120 valence electrons. The van der Waals surface area contributed by atoms with Crippen molar-refractivity contribution in [3.05, 3.63) is 48.3 Å². The van der Waals surface area contributed by atoms with E-state index in [-0.39, 0.29) is 11.9 Å². The Morgan fingerprint density at radius 1 is 1.27 bits per heavy atom. The standard InChI is InChI=1S/C18H24FNO2/c1-2-11-21-13-16-7-8-17-18(22-16)9-10-20(17)12-14-3-5-15(19)6-4-14/h2-6,16-18H,1,7-13H2/t16-,17-,18-/m1/s1. The van der Waals surface area contributed by atoms with Crippen molar-refractivity contribution in [1.82, 2.24) is 4.90 Å². The molecule has 0 bridgehead atoms. The van der Waals surface area contributed by atoms with Crippen LogP contribution < -0.4 is 0 Å². The molecular weight excluding hydrogens is 281 g/mol. The average molecular weight is 305 g/mol. The summed E-state index contributed by atoms with van der Waals surface area (Å²) >= 11 is 0. The molecule has 2 fully saturated rings. The highest BCUT2D eigenvalue weighted by atomic mass is 19.1. The smallest absolute Gasteiger partial charge is 0.123 e. The van der Waals surface area contributed by atoms with Gasteiger partial charge in [0, 0.05) is 19.1 Å². The number of likely N-dealkylation sites (tertiary alicyclic amines) is 1. The Bertz CT molecular complexity index is 490. The van der Waals surface area contributed by atoms with Crippen molar-refractivity contribution >= 4 is 0 Å². The average Bonchev–Trinajstić information content (AvgIpc) is 2.92. The Morgan fingerprint density at radius 2 is 2.09 bits per heavy atom. The highest BCUT2D eigenvalue weighted by Crippen LogP contribution is 2.32. The van der Waals surface area contributed by atoms with E-state index in [0.717, 1.165) is 32.4 Å². The second-order valence-electron chi connectivity index (χ2n) is 6.15. The van der Waals surface area contributed by atoms with Gasteiger partial charge in [-0.3, -0.25) is 4.90 Å². The maximum Gasteiger partial charge on any atom is 0.123 e. The molecule has 0 saturated carbocycles. The molecule has 3 atom stereocenters. The van der Waals surface area contributed by atoms with Crippen molar-refractivity contribution < 1.29 is 13.9 Å². The summed E-state index contributed by atoms with van der Waals surface area (Å²) in [5.41, 5.74) is 1.17. The zero-order chi connectivity index (χ0) is 15.4. The molecule has 0 aliphatic carbocycles. The number of hydrogen-bond acceptors (Lipinski definition) is 3. The van der Waals surface area contributed by atoms with Crippen LogP contribution in [-0.2, 0) is 16.0 Å². The number of benzene rings is 1. The molecule has 0 unspecified atom stereocenters. The number of halogens is 1. The SMILES string of the molecule is C=CCOC[C@H]1CC[C@@H]2[C@@H](CCN2Cc2ccc(F)cc2)O1. The quantitative estimate of drug-likeness (QED) is 0.595. The lowest BCUT2D eigenvalue weighted by Crippen LogP contribution is -2.43. The van der Waals surface area contributed by atoms with E-state index < -0.39 is 0 Å². The summed E-state index contributed by atoms with van der Waals surface area (Å²) in [6.45, 7) is 6.83. The summed E-state index contributed by atoms with van der Waals surface area (Å²) < 4.78 is 24.7. The number of nitrogens with zero attached hydrogens (tertiary/aromatic N) is 1. The van der Waals surface area contributed by atoms with Gasteiger partial charge in [-0.1, -0.05) is 18.2 Å². The van der Waals surface area contributed by atoms with E-state index >= 15 is 0 Å². The van der Waals surface area contributed by atoms with Crippen molar-refractivity contribution in [3.8, 4) is 0 Å². The van der Waals surface area contributed by atoms with Crippen molar-refractivity contribution in [2.24, 2.45) is 0 Å². The zero-order valence-electron chi connectivity index (χ0n) is 12.9. The third-order valence-corrected chi connectivity index (χ3v) is 4.59. The highest BCUT2D eigenvalue weighted by Gasteiger charge is 2.39. The lowest BCUT2D eigenvalue weighted by molar-refractivity contribution is -0.0971. The van der Waals surface area contributed by atoms with E-state index in [1.165, 1.54) is 17.7 Å². The predicted octanol–water partition coefficient (Wildman–Crippen LogP) is 3.15. The minimum atomic E-state index is -0.175. The number of rotatable bonds is 6. The van der Waals surface area contributed by atoms with E-state index in [4.69, 9.17) is 9.47 Å². The van der Waals surface area contributed by atoms with Gasteiger partial charge in [-0.15, -0.1) is 6.58 Å². The molecule has 3 nitrogen and oxygen atoms in total. The van der Waals surface area contributed by atoms with E-state index in [9.17, 15) is 4.39 Å². The van der Waals surface area contributed by atoms with Gasteiger partial charge in [0.15, 0.2) is 0 Å². The van der Waals surface area contributed by atoms with Crippen molar-refractivity contribution in [2.75, 3.05) is 19.8 Å². The van der Waals surface area contributed by atoms with Crippen molar-refractivity contribution in [3.63, 3.8) is 0 Å². The van der Waals surface area contributed by atoms with Gasteiger partial charge in [0.1, 0.15) is 5.82 Å². The molecule has 0 amide bonds. The van der Waals surface area contributed by atoms with Gasteiger partial charge in [-0.25, -0.2) is 4.39 Å². The molecule has 2 aliphatic heterocycles. The number of fused-ring (bicyclic) bond motifs is 1. The van der Waals surface area contributed by atoms with Crippen LogP contribution in [0.4, 0.5) is 4.39 Å². The molecule has 1 aromatic carbocycles. The first-order valence-corrected chi connectivity index (χ1v) is 8.09. The normalized spacial score (nSPS) is 28.5. The summed E-state index contributed by atoms with van der Waals surface area (Å²) in [7, 11) is 0. The van der Waals surface area contributed by atoms with Gasteiger partial charge in [-0.05, 0) is 37.0 Å². The highest BCUT2D eigenvalue weighted by molar-refractivity contribution is 5.16. The summed E-state index contributed by atoms with van der Waals surface area (Å²) in [6.07, 6.45) is 5.56. The molecule has 2 saturated heterocycles. The van der Waals surface area contributed by atoms with Gasteiger partial charge >= 0.3 is 0 Å². The molecule has 0 radical (unpaired) electrons. The van der Waals surface area contributed by atoms with Gasteiger partial charge in [-0.2, -0.15) is 0 Å². The Hall–Kier alpha value is -1.23. The molecule has 2 heterocycles. The first kappa shape index (κ1) is 15.7. The second kappa shape index (κ2) is 7.36. The first-order valence-electron chi connectivity index (χ1n) is 8.09. The molecule has 4 heteroatoms. The second-order valence-corrected chi connectivity index (χ2v) is 6.15. The maximum atomic E-state index is 13.0. The minimum Gasteiger partial charge on any atom is -0.375 e. The Morgan fingerprint density at radius 3 is 2.86 bits per heavy atom. The molecule has 0 aromatic heterocycles. The number of ether oxygens (including phenoxy) is 2. The van der Waals surface area contributed by atoms with Gasteiger partial charge in [0.2, 0.25) is 0 Å². The fourth-order valence-corrected chi connectivity index (χ4v) is 3.51. The van der Waals surface area contributed by atoms with Crippen molar-refractivity contribution in [2.45, 2.75) is 44.1 Å². The molecule has 0 spiro atoms. The molecular formula is C18H24FNO2. The minimum absolute atomic E-state index is 0.175. The zero-order valence-corrected chi connectivity index (χ0v) is 12.9. The fourth-order valence-electron chi connectivity index (χ4n) is 3.51. The Labute approximate surface area is 131 Å². The molecule has 1 aromatic rings. The Kier molecular flexibility index (Phi) is 5.24. The van der Waals surface area contributed by atoms with Gasteiger partial charge in [0.25, 0.3) is 0 Å². The van der Waals surface area contributed by atoms with Crippen LogP contribution in [0.25, 0.3) is 0 Å². The van der Waals surface area contributed by atoms with Crippen LogP contribution >= 0.6 is 0 Å². The predicted molar refractivity (Wildman–Crippen MR) is 84.1 cm³/mol. The lowest BCUT2D eigenvalue weighted by atomic mass is 9.99. The molecule has 22 heavy (non-hydrogen) atoms. The summed E-state index contributed by atoms with van der Waals surface area (Å²) in [5, 5.41) is 0. The van der Waals surface area contributed by atoms with Crippen LogP contribution in [0.3, 0.4) is 0 Å². The van der Waals surface area contributed by atoms with Crippen LogP contribution in [-0.4, -0.2) is 42.9 Å². The van der Waals surface area contributed by atoms with Crippen LogP contribution in [0.1, 0.15) is 24.8 Å². The van der Waals surface area contributed by atoms with Crippen LogP contribution in [0.5, 0.6) is 0 Å². The Balaban J connectivity index is 1.51. The maximum absolute atomic E-state index is 13.0. The van der Waals surface area contributed by atoms with Crippen LogP contribution in [0, 0.1) is 5.82 Å². The van der Waals surface area contributed by atoms with E-state index in [1.54, 1.807) is 6.08 Å². The van der Waals surface area contributed by atoms with Gasteiger partial charge in [0.05, 0.1) is 25.4 Å². The van der Waals surface area contributed by atoms with Crippen LogP contribution in [0.2, 0.25) is 0 Å². The third kappa shape index (κ3) is 3.75. The lowest BCUT2D eigenvalue weighted by Gasteiger charge is -2.36. The summed E-state index contributed by atoms with van der Waals surface area (Å²) in [6, 6.07) is 7.30. The van der Waals surface area contributed by atoms with E-state index in [1.807, 2.05) is 12.1 Å². The first-order chi connectivity index (χ1) is 10.8. The number of hydrogen-bond donors (Lipinski definition) is 0. The van der Waals surface area contributed by atoms with Gasteiger partial charge < -0.3 is 9.47 Å². The monoisotopic (exact) mass is 305 g/mol. The molecule has 0 N–H and O–H groups in total. The molecule has 2 aliphatic rings. The fraction of sp³-hybridized carbons (Fsp3) is 0.556. The molecule has 3 rings (SSSR count). The van der Waals surface area contributed by atoms with E-state index in [2.05, 4.69) is 11.5 Å². The largest absolute Gasteiger partial charge is 0.375 e. The summed E-state index contributed by atoms with van der Waals surface area (Å²) in [4.78, 5) is 2.47. The van der Waals surface area contributed by atoms with Crippen LogP contribution in [0.15, 0.2) is 36.9 Å². The van der Waals surface area contributed by atoms with E-state index in [0.29, 0.717) is 25.4 Å².